The smallest absolute Gasteiger partial charge is 0.160 e. The molecule has 1 aliphatic rings. The van der Waals surface area contributed by atoms with E-state index < -0.39 is 0 Å². The molecule has 0 saturated heterocycles. The molecular formula is C16H16N4O. The third-order valence-electron chi connectivity index (χ3n) is 3.86. The van der Waals surface area contributed by atoms with Crippen LogP contribution in [0.15, 0.2) is 36.5 Å². The molecule has 1 saturated carbocycles. The Kier molecular flexibility index (Phi) is 2.60. The van der Waals surface area contributed by atoms with E-state index in [2.05, 4.69) is 9.55 Å². The van der Waals surface area contributed by atoms with Crippen molar-refractivity contribution >= 4 is 16.9 Å². The molecule has 106 valence electrons. The third kappa shape index (κ3) is 1.93. The minimum absolute atomic E-state index is 0.487. The molecule has 21 heavy (non-hydrogen) atoms. The van der Waals surface area contributed by atoms with E-state index >= 15 is 0 Å². The average molecular weight is 280 g/mol. The number of nitrogens with zero attached hydrogens (tertiary/aromatic N) is 3. The van der Waals surface area contributed by atoms with Crippen LogP contribution in [-0.4, -0.2) is 21.6 Å². The predicted molar refractivity (Wildman–Crippen MR) is 82.2 cm³/mol. The van der Waals surface area contributed by atoms with Crippen LogP contribution in [-0.2, 0) is 0 Å². The molecular weight excluding hydrogens is 264 g/mol. The van der Waals surface area contributed by atoms with Crippen LogP contribution in [0.1, 0.15) is 18.9 Å². The largest absolute Gasteiger partial charge is 0.497 e. The monoisotopic (exact) mass is 280 g/mol. The van der Waals surface area contributed by atoms with E-state index in [-0.39, 0.29) is 0 Å². The summed E-state index contributed by atoms with van der Waals surface area (Å²) < 4.78 is 7.43. The molecule has 2 N–H and O–H groups in total. The quantitative estimate of drug-likeness (QED) is 0.749. The highest BCUT2D eigenvalue weighted by Crippen LogP contribution is 2.42. The van der Waals surface area contributed by atoms with Crippen molar-refractivity contribution in [3.8, 4) is 17.1 Å². The van der Waals surface area contributed by atoms with Crippen LogP contribution in [0.3, 0.4) is 0 Å². The molecule has 0 amide bonds. The Bertz CT molecular complexity index is 820. The highest BCUT2D eigenvalue weighted by molar-refractivity contribution is 5.82. The fourth-order valence-electron chi connectivity index (χ4n) is 2.67. The van der Waals surface area contributed by atoms with Crippen molar-refractivity contribution in [1.29, 1.82) is 0 Å². The number of aromatic nitrogens is 3. The number of pyridine rings is 1. The van der Waals surface area contributed by atoms with Crippen LogP contribution < -0.4 is 10.5 Å². The second-order valence-electron chi connectivity index (χ2n) is 5.34. The lowest BCUT2D eigenvalue weighted by Gasteiger charge is -2.10. The van der Waals surface area contributed by atoms with E-state index in [1.165, 1.54) is 12.8 Å². The Morgan fingerprint density at radius 2 is 2.14 bits per heavy atom. The molecule has 0 bridgehead atoms. The van der Waals surface area contributed by atoms with Gasteiger partial charge in [0.15, 0.2) is 5.65 Å². The summed E-state index contributed by atoms with van der Waals surface area (Å²) in [4.78, 5) is 9.23. The van der Waals surface area contributed by atoms with E-state index in [1.54, 1.807) is 7.11 Å². The van der Waals surface area contributed by atoms with E-state index in [1.807, 2.05) is 36.5 Å². The molecule has 0 unspecified atom stereocenters. The van der Waals surface area contributed by atoms with Gasteiger partial charge in [-0.2, -0.15) is 0 Å². The summed E-state index contributed by atoms with van der Waals surface area (Å²) in [5, 5.41) is 0. The molecule has 2 aromatic heterocycles. The Morgan fingerprint density at radius 3 is 2.86 bits per heavy atom. The maximum Gasteiger partial charge on any atom is 0.160 e. The van der Waals surface area contributed by atoms with Crippen molar-refractivity contribution in [3.63, 3.8) is 0 Å². The predicted octanol–water partition coefficient (Wildman–Crippen LogP) is 3.02. The molecule has 0 aliphatic heterocycles. The normalized spacial score (nSPS) is 14.5. The average Bonchev–Trinajstić information content (AvgIpc) is 3.27. The first kappa shape index (κ1) is 12.2. The number of imidazole rings is 1. The summed E-state index contributed by atoms with van der Waals surface area (Å²) in [5.74, 6) is 1.65. The maximum absolute atomic E-state index is 6.19. The molecule has 1 aliphatic carbocycles. The van der Waals surface area contributed by atoms with Crippen LogP contribution in [0, 0.1) is 0 Å². The van der Waals surface area contributed by atoms with E-state index in [4.69, 9.17) is 15.5 Å². The number of nitrogens with two attached hydrogens (primary N) is 1. The zero-order valence-electron chi connectivity index (χ0n) is 11.8. The number of anilines is 1. The number of benzene rings is 1. The summed E-state index contributed by atoms with van der Waals surface area (Å²) in [6.07, 6.45) is 4.15. The van der Waals surface area contributed by atoms with Gasteiger partial charge in [-0.3, -0.25) is 0 Å². The molecule has 0 atom stereocenters. The lowest BCUT2D eigenvalue weighted by molar-refractivity contribution is 0.415. The lowest BCUT2D eigenvalue weighted by atomic mass is 10.1. The van der Waals surface area contributed by atoms with Gasteiger partial charge in [0.2, 0.25) is 0 Å². The van der Waals surface area contributed by atoms with Gasteiger partial charge in [0.05, 0.1) is 7.11 Å². The molecule has 4 rings (SSSR count). The Balaban J connectivity index is 1.95. The fourth-order valence-corrected chi connectivity index (χ4v) is 2.67. The summed E-state index contributed by atoms with van der Waals surface area (Å²) in [7, 11) is 1.64. The van der Waals surface area contributed by atoms with Gasteiger partial charge in [-0.1, -0.05) is 0 Å². The number of rotatable bonds is 3. The molecule has 2 heterocycles. The standard InChI is InChI=1S/C16H16N4O/c1-21-11-6-7-12(13(17)9-11)15-19-14-3-2-8-18-16(14)20(15)10-4-5-10/h2-3,6-10H,4-5,17H2,1H3. The number of fused-ring (bicyclic) bond motifs is 1. The number of hydrogen-bond acceptors (Lipinski definition) is 4. The zero-order valence-corrected chi connectivity index (χ0v) is 11.8. The van der Waals surface area contributed by atoms with Crippen LogP contribution in [0.4, 0.5) is 5.69 Å². The van der Waals surface area contributed by atoms with Crippen molar-refractivity contribution < 1.29 is 4.74 Å². The van der Waals surface area contributed by atoms with Crippen molar-refractivity contribution in [3.05, 3.63) is 36.5 Å². The second kappa shape index (κ2) is 4.48. The van der Waals surface area contributed by atoms with Gasteiger partial charge < -0.3 is 15.0 Å². The summed E-state index contributed by atoms with van der Waals surface area (Å²) in [5.41, 5.74) is 9.64. The van der Waals surface area contributed by atoms with Gasteiger partial charge in [-0.05, 0) is 37.1 Å². The minimum Gasteiger partial charge on any atom is -0.497 e. The molecule has 5 nitrogen and oxygen atoms in total. The first-order chi connectivity index (χ1) is 10.3. The van der Waals surface area contributed by atoms with E-state index in [9.17, 15) is 0 Å². The molecule has 5 heteroatoms. The summed E-state index contributed by atoms with van der Waals surface area (Å²) >= 11 is 0. The Hall–Kier alpha value is -2.56. The number of ether oxygens (including phenoxy) is 1. The zero-order chi connectivity index (χ0) is 14.4. The van der Waals surface area contributed by atoms with Crippen molar-refractivity contribution in [2.75, 3.05) is 12.8 Å². The second-order valence-corrected chi connectivity index (χ2v) is 5.34. The molecule has 1 fully saturated rings. The number of nitrogen functional groups attached to an aromatic ring is 1. The molecule has 0 radical (unpaired) electrons. The van der Waals surface area contributed by atoms with Crippen LogP contribution in [0.25, 0.3) is 22.6 Å². The van der Waals surface area contributed by atoms with Gasteiger partial charge >= 0.3 is 0 Å². The van der Waals surface area contributed by atoms with Gasteiger partial charge in [-0.15, -0.1) is 0 Å². The number of hydrogen-bond donors (Lipinski definition) is 1. The number of methoxy groups -OCH3 is 1. The molecule has 0 spiro atoms. The highest BCUT2D eigenvalue weighted by Gasteiger charge is 2.29. The van der Waals surface area contributed by atoms with Crippen molar-refractivity contribution in [2.45, 2.75) is 18.9 Å². The van der Waals surface area contributed by atoms with Crippen molar-refractivity contribution in [1.82, 2.24) is 14.5 Å². The van der Waals surface area contributed by atoms with Crippen LogP contribution >= 0.6 is 0 Å². The maximum atomic E-state index is 6.19. The fraction of sp³-hybridized carbons (Fsp3) is 0.250. The highest BCUT2D eigenvalue weighted by atomic mass is 16.5. The summed E-state index contributed by atoms with van der Waals surface area (Å²) in [6.45, 7) is 0. The van der Waals surface area contributed by atoms with Crippen molar-refractivity contribution in [2.24, 2.45) is 0 Å². The first-order valence-corrected chi connectivity index (χ1v) is 7.05. The minimum atomic E-state index is 0.487. The Labute approximate surface area is 122 Å². The van der Waals surface area contributed by atoms with E-state index in [0.717, 1.165) is 28.3 Å². The van der Waals surface area contributed by atoms with Gasteiger partial charge in [0.25, 0.3) is 0 Å². The molecule has 3 aromatic rings. The third-order valence-corrected chi connectivity index (χ3v) is 3.86. The Morgan fingerprint density at radius 1 is 1.29 bits per heavy atom. The van der Waals surface area contributed by atoms with Crippen LogP contribution in [0.5, 0.6) is 5.75 Å². The van der Waals surface area contributed by atoms with Gasteiger partial charge in [0.1, 0.15) is 17.1 Å². The lowest BCUT2D eigenvalue weighted by Crippen LogP contribution is -2.01. The topological polar surface area (TPSA) is 66.0 Å². The summed E-state index contributed by atoms with van der Waals surface area (Å²) in [6, 6.07) is 10.1. The first-order valence-electron chi connectivity index (χ1n) is 7.05. The SMILES string of the molecule is COc1ccc(-c2nc3cccnc3n2C2CC2)c(N)c1. The molecule has 1 aromatic carbocycles. The van der Waals surface area contributed by atoms with Crippen LogP contribution in [0.2, 0.25) is 0 Å². The van der Waals surface area contributed by atoms with E-state index in [0.29, 0.717) is 11.7 Å². The van der Waals surface area contributed by atoms with Gasteiger partial charge in [0, 0.05) is 29.6 Å². The van der Waals surface area contributed by atoms with Gasteiger partial charge in [-0.25, -0.2) is 9.97 Å².